The van der Waals surface area contributed by atoms with Crippen molar-refractivity contribution in [3.8, 4) is 16.9 Å². The van der Waals surface area contributed by atoms with Crippen LogP contribution in [0.3, 0.4) is 0 Å². The number of rotatable bonds is 8. The van der Waals surface area contributed by atoms with E-state index in [4.69, 9.17) is 4.74 Å². The zero-order valence-corrected chi connectivity index (χ0v) is 20.3. The molecule has 3 heterocycles. The third-order valence-electron chi connectivity index (χ3n) is 5.93. The predicted octanol–water partition coefficient (Wildman–Crippen LogP) is 4.77. The Morgan fingerprint density at radius 1 is 1.03 bits per heavy atom. The number of pyridine rings is 1. The number of aromatic nitrogens is 5. The molecule has 3 aromatic heterocycles. The molecule has 11 heteroatoms. The third-order valence-corrected chi connectivity index (χ3v) is 5.93. The second kappa shape index (κ2) is 10.5. The number of hydrogen-bond donors (Lipinski definition) is 1. The lowest BCUT2D eigenvalue weighted by Crippen LogP contribution is -2.20. The van der Waals surface area contributed by atoms with E-state index in [1.807, 2.05) is 24.3 Å². The zero-order valence-electron chi connectivity index (χ0n) is 20.3. The summed E-state index contributed by atoms with van der Waals surface area (Å²) in [5, 5.41) is 8.56. The van der Waals surface area contributed by atoms with E-state index in [2.05, 4.69) is 20.4 Å². The summed E-state index contributed by atoms with van der Waals surface area (Å²) < 4.78 is 47.2. The van der Waals surface area contributed by atoms with Crippen LogP contribution < -0.4 is 10.9 Å². The fraction of sp³-hybridized carbons (Fsp3) is 0.185. The molecule has 5 aromatic rings. The van der Waals surface area contributed by atoms with Crippen LogP contribution in [-0.4, -0.2) is 44.6 Å². The molecule has 38 heavy (non-hydrogen) atoms. The first kappa shape index (κ1) is 25.2. The topological polar surface area (TPSA) is 86.9 Å². The van der Waals surface area contributed by atoms with Crippen molar-refractivity contribution in [2.45, 2.75) is 12.7 Å². The Hall–Kier alpha value is -4.51. The van der Waals surface area contributed by atoms with Gasteiger partial charge in [0.15, 0.2) is 0 Å². The van der Waals surface area contributed by atoms with Gasteiger partial charge in [0.25, 0.3) is 5.56 Å². The number of ether oxygens (including phenoxy) is 1. The van der Waals surface area contributed by atoms with Gasteiger partial charge < -0.3 is 14.6 Å². The second-order valence-corrected chi connectivity index (χ2v) is 8.48. The summed E-state index contributed by atoms with van der Waals surface area (Å²) in [5.41, 5.74) is 1.32. The minimum Gasteiger partial charge on any atom is -0.383 e. The molecule has 194 valence electrons. The van der Waals surface area contributed by atoms with Crippen LogP contribution >= 0.6 is 0 Å². The van der Waals surface area contributed by atoms with E-state index in [9.17, 15) is 18.0 Å². The first-order valence-corrected chi connectivity index (χ1v) is 11.7. The molecule has 0 bridgehead atoms. The Labute approximate surface area is 215 Å². The van der Waals surface area contributed by atoms with Crippen LogP contribution in [0.4, 0.5) is 19.0 Å². The molecule has 0 aliphatic carbocycles. The van der Waals surface area contributed by atoms with Crippen molar-refractivity contribution in [3.05, 3.63) is 101 Å². The maximum atomic E-state index is 13.0. The van der Waals surface area contributed by atoms with Gasteiger partial charge in [0.1, 0.15) is 17.3 Å². The van der Waals surface area contributed by atoms with Gasteiger partial charge in [0.2, 0.25) is 0 Å². The second-order valence-electron chi connectivity index (χ2n) is 8.48. The predicted molar refractivity (Wildman–Crippen MR) is 137 cm³/mol. The maximum Gasteiger partial charge on any atom is 0.416 e. The minimum atomic E-state index is -4.42. The number of methoxy groups -OCH3 is 1. The molecule has 0 saturated heterocycles. The molecule has 1 N–H and O–H groups in total. The van der Waals surface area contributed by atoms with Gasteiger partial charge in [-0.05, 0) is 42.5 Å². The lowest BCUT2D eigenvalue weighted by molar-refractivity contribution is -0.137. The molecule has 0 spiro atoms. The highest BCUT2D eigenvalue weighted by Crippen LogP contribution is 2.32. The largest absolute Gasteiger partial charge is 0.416 e. The Morgan fingerprint density at radius 2 is 1.82 bits per heavy atom. The highest BCUT2D eigenvalue weighted by Gasteiger charge is 2.30. The van der Waals surface area contributed by atoms with Crippen molar-refractivity contribution in [3.63, 3.8) is 0 Å². The fourth-order valence-electron chi connectivity index (χ4n) is 4.06. The molecule has 0 radical (unpaired) electrons. The molecule has 0 aliphatic heterocycles. The molecule has 0 unspecified atom stereocenters. The van der Waals surface area contributed by atoms with Crippen molar-refractivity contribution < 1.29 is 17.9 Å². The first-order chi connectivity index (χ1) is 18.3. The number of hydrogen-bond acceptors (Lipinski definition) is 6. The number of anilines is 1. The highest BCUT2D eigenvalue weighted by molar-refractivity contribution is 5.94. The number of para-hydroxylation sites is 1. The van der Waals surface area contributed by atoms with Crippen LogP contribution in [0.15, 0.2) is 83.9 Å². The Bertz CT molecular complexity index is 1630. The summed E-state index contributed by atoms with van der Waals surface area (Å²) in [6.45, 7) is 1.30. The molecule has 0 amide bonds. The standard InChI is InChI=1S/C27H23F3N6O2/c1-38-15-13-32-23-10-12-31-24(33-23)17-35-14-11-18(16-25(35)37)26-21-4-2-3-5-22(21)36(34-26)20-8-6-19(7-9-20)27(28,29)30/h2-12,14,16H,13,15,17H2,1H3,(H,31,32,33). The van der Waals surface area contributed by atoms with Crippen molar-refractivity contribution in [1.29, 1.82) is 0 Å². The van der Waals surface area contributed by atoms with Gasteiger partial charge in [-0.15, -0.1) is 0 Å². The van der Waals surface area contributed by atoms with Gasteiger partial charge in [-0.1, -0.05) is 18.2 Å². The quantitative estimate of drug-likeness (QED) is 0.297. The molecule has 0 aliphatic rings. The summed E-state index contributed by atoms with van der Waals surface area (Å²) in [5.74, 6) is 1.11. The van der Waals surface area contributed by atoms with E-state index in [-0.39, 0.29) is 12.1 Å². The number of nitrogens with one attached hydrogen (secondary N) is 1. The van der Waals surface area contributed by atoms with E-state index in [1.54, 1.807) is 36.3 Å². The van der Waals surface area contributed by atoms with Gasteiger partial charge in [0, 0.05) is 43.1 Å². The number of fused-ring (bicyclic) bond motifs is 1. The lowest BCUT2D eigenvalue weighted by Gasteiger charge is -2.09. The fourth-order valence-corrected chi connectivity index (χ4v) is 4.06. The number of halogens is 3. The summed E-state index contributed by atoms with van der Waals surface area (Å²) in [7, 11) is 1.62. The molecule has 0 fully saturated rings. The summed E-state index contributed by atoms with van der Waals surface area (Å²) >= 11 is 0. The highest BCUT2D eigenvalue weighted by atomic mass is 19.4. The Balaban J connectivity index is 1.45. The Kier molecular flexibility index (Phi) is 6.93. The smallest absolute Gasteiger partial charge is 0.383 e. The average molecular weight is 521 g/mol. The lowest BCUT2D eigenvalue weighted by atomic mass is 10.1. The normalized spacial score (nSPS) is 11.7. The molecular formula is C27H23F3N6O2. The van der Waals surface area contributed by atoms with E-state index in [0.717, 1.165) is 17.5 Å². The third kappa shape index (κ3) is 5.28. The van der Waals surface area contributed by atoms with E-state index >= 15 is 0 Å². The van der Waals surface area contributed by atoms with Crippen molar-refractivity contribution in [2.75, 3.05) is 25.6 Å². The van der Waals surface area contributed by atoms with Crippen molar-refractivity contribution in [2.24, 2.45) is 0 Å². The van der Waals surface area contributed by atoms with Gasteiger partial charge in [0.05, 0.1) is 29.9 Å². The zero-order chi connectivity index (χ0) is 26.7. The van der Waals surface area contributed by atoms with Crippen LogP contribution in [0.5, 0.6) is 0 Å². The van der Waals surface area contributed by atoms with E-state index < -0.39 is 11.7 Å². The van der Waals surface area contributed by atoms with Crippen LogP contribution in [0.1, 0.15) is 11.4 Å². The van der Waals surface area contributed by atoms with E-state index in [1.165, 1.54) is 22.8 Å². The maximum absolute atomic E-state index is 13.0. The van der Waals surface area contributed by atoms with Crippen LogP contribution in [0.2, 0.25) is 0 Å². The van der Waals surface area contributed by atoms with Crippen LogP contribution in [-0.2, 0) is 17.5 Å². The van der Waals surface area contributed by atoms with Gasteiger partial charge in [-0.2, -0.15) is 18.3 Å². The first-order valence-electron chi connectivity index (χ1n) is 11.7. The molecule has 8 nitrogen and oxygen atoms in total. The SMILES string of the molecule is COCCNc1ccnc(Cn2ccc(-c3nn(-c4ccc(C(F)(F)F)cc4)c4ccccc34)cc2=O)n1. The summed E-state index contributed by atoms with van der Waals surface area (Å²) in [6, 6.07) is 17.2. The van der Waals surface area contributed by atoms with Gasteiger partial charge >= 0.3 is 6.18 Å². The Morgan fingerprint density at radius 3 is 2.55 bits per heavy atom. The van der Waals surface area contributed by atoms with Crippen molar-refractivity contribution in [1.82, 2.24) is 24.3 Å². The molecule has 0 atom stereocenters. The number of benzene rings is 2. The number of alkyl halides is 3. The van der Waals surface area contributed by atoms with Gasteiger partial charge in [-0.25, -0.2) is 14.6 Å². The minimum absolute atomic E-state index is 0.180. The van der Waals surface area contributed by atoms with Crippen LogP contribution in [0, 0.1) is 0 Å². The molecule has 2 aromatic carbocycles. The summed E-state index contributed by atoms with van der Waals surface area (Å²) in [6.07, 6.45) is -1.15. The molecular weight excluding hydrogens is 497 g/mol. The summed E-state index contributed by atoms with van der Waals surface area (Å²) in [4.78, 5) is 21.7. The van der Waals surface area contributed by atoms with E-state index in [0.29, 0.717) is 47.3 Å². The molecule has 0 saturated carbocycles. The molecule has 5 rings (SSSR count). The number of nitrogens with zero attached hydrogens (tertiary/aromatic N) is 5. The monoisotopic (exact) mass is 520 g/mol. The average Bonchev–Trinajstić information content (AvgIpc) is 3.30. The van der Waals surface area contributed by atoms with Crippen molar-refractivity contribution >= 4 is 16.7 Å². The van der Waals surface area contributed by atoms with Gasteiger partial charge in [-0.3, -0.25) is 4.79 Å². The van der Waals surface area contributed by atoms with Crippen LogP contribution in [0.25, 0.3) is 27.8 Å².